The molecule has 8 nitrogen and oxygen atoms in total. The molecule has 0 atom stereocenters. The molecule has 0 aromatic heterocycles. The van der Waals surface area contributed by atoms with Gasteiger partial charge >= 0.3 is 0 Å². The van der Waals surface area contributed by atoms with Crippen LogP contribution in [0.5, 0.6) is 0 Å². The van der Waals surface area contributed by atoms with E-state index in [0.29, 0.717) is 11.1 Å². The Bertz CT molecular complexity index is 683. The fourth-order valence-electron chi connectivity index (χ4n) is 2.37. The second-order valence-corrected chi connectivity index (χ2v) is 4.64. The third-order valence-electron chi connectivity index (χ3n) is 3.45. The number of hydrogen-bond acceptors (Lipinski definition) is 6. The highest BCUT2D eigenvalue weighted by Gasteiger charge is 2.36. The topological polar surface area (TPSA) is 105 Å². The third kappa shape index (κ3) is 3.03. The van der Waals surface area contributed by atoms with E-state index in [1.54, 1.807) is 12.1 Å². The standard InChI is InChI=1S/C15H14N2O6/c1-22-15(23-2,11-5-3-7-13(9-11)16(18)19)12-6-4-8-14(10-12)17(20)21/h3-10H,1-2H3. The first-order valence-electron chi connectivity index (χ1n) is 6.54. The molecule has 0 radical (unpaired) electrons. The molecule has 2 aromatic rings. The zero-order chi connectivity index (χ0) is 17.0. The molecule has 0 fully saturated rings. The molecular formula is C15H14N2O6. The van der Waals surface area contributed by atoms with Crippen molar-refractivity contribution in [3.05, 3.63) is 79.9 Å². The van der Waals surface area contributed by atoms with Crippen molar-refractivity contribution in [2.75, 3.05) is 14.2 Å². The molecule has 0 amide bonds. The monoisotopic (exact) mass is 318 g/mol. The molecule has 0 saturated heterocycles. The van der Waals surface area contributed by atoms with Gasteiger partial charge in [-0.15, -0.1) is 0 Å². The number of nitrogens with zero attached hydrogens (tertiary/aromatic N) is 2. The van der Waals surface area contributed by atoms with Crippen LogP contribution in [0.15, 0.2) is 48.5 Å². The van der Waals surface area contributed by atoms with E-state index in [-0.39, 0.29) is 11.4 Å². The Morgan fingerprint density at radius 2 is 1.22 bits per heavy atom. The van der Waals surface area contributed by atoms with E-state index >= 15 is 0 Å². The van der Waals surface area contributed by atoms with Crippen LogP contribution in [-0.4, -0.2) is 24.1 Å². The Labute approximate surface area is 131 Å². The highest BCUT2D eigenvalue weighted by molar-refractivity contribution is 5.44. The molecule has 0 saturated carbocycles. The molecule has 0 heterocycles. The second-order valence-electron chi connectivity index (χ2n) is 4.64. The third-order valence-corrected chi connectivity index (χ3v) is 3.45. The summed E-state index contributed by atoms with van der Waals surface area (Å²) in [6, 6.07) is 11.5. The number of hydrogen-bond donors (Lipinski definition) is 0. The van der Waals surface area contributed by atoms with Gasteiger partial charge in [0.2, 0.25) is 5.79 Å². The molecular weight excluding hydrogens is 304 g/mol. The lowest BCUT2D eigenvalue weighted by Gasteiger charge is -2.31. The molecule has 120 valence electrons. The van der Waals surface area contributed by atoms with Crippen LogP contribution in [0.3, 0.4) is 0 Å². The molecule has 0 bridgehead atoms. The van der Waals surface area contributed by atoms with Crippen molar-refractivity contribution in [3.63, 3.8) is 0 Å². The molecule has 0 spiro atoms. The summed E-state index contributed by atoms with van der Waals surface area (Å²) in [7, 11) is 2.72. The van der Waals surface area contributed by atoms with Crippen molar-refractivity contribution in [2.24, 2.45) is 0 Å². The molecule has 0 aliphatic heterocycles. The maximum Gasteiger partial charge on any atom is 0.269 e. The lowest BCUT2D eigenvalue weighted by atomic mass is 9.96. The van der Waals surface area contributed by atoms with Gasteiger partial charge in [-0.25, -0.2) is 0 Å². The SMILES string of the molecule is COC(OC)(c1cccc([N+](=O)[O-])c1)c1cccc([N+](=O)[O-])c1. The Hall–Kier alpha value is -2.84. The molecule has 0 aliphatic carbocycles. The van der Waals surface area contributed by atoms with Crippen LogP contribution in [-0.2, 0) is 15.3 Å². The predicted molar refractivity (Wildman–Crippen MR) is 81.0 cm³/mol. The summed E-state index contributed by atoms with van der Waals surface area (Å²) < 4.78 is 10.9. The van der Waals surface area contributed by atoms with Gasteiger partial charge < -0.3 is 9.47 Å². The number of ether oxygens (including phenoxy) is 2. The molecule has 8 heteroatoms. The summed E-state index contributed by atoms with van der Waals surface area (Å²) >= 11 is 0. The van der Waals surface area contributed by atoms with Crippen LogP contribution < -0.4 is 0 Å². The van der Waals surface area contributed by atoms with Crippen molar-refractivity contribution < 1.29 is 19.3 Å². The van der Waals surface area contributed by atoms with Crippen molar-refractivity contribution in [1.29, 1.82) is 0 Å². The minimum atomic E-state index is -1.49. The van der Waals surface area contributed by atoms with Crippen molar-refractivity contribution in [3.8, 4) is 0 Å². The van der Waals surface area contributed by atoms with Gasteiger partial charge in [-0.05, 0) is 0 Å². The van der Waals surface area contributed by atoms with E-state index in [4.69, 9.17) is 9.47 Å². The largest absolute Gasteiger partial charge is 0.346 e. The molecule has 0 unspecified atom stereocenters. The van der Waals surface area contributed by atoms with Gasteiger partial charge in [-0.1, -0.05) is 24.3 Å². The van der Waals surface area contributed by atoms with E-state index in [1.165, 1.54) is 50.6 Å². The summed E-state index contributed by atoms with van der Waals surface area (Å²) in [5.41, 5.74) is 0.451. The smallest absolute Gasteiger partial charge is 0.269 e. The normalized spacial score (nSPS) is 11.2. The van der Waals surface area contributed by atoms with Crippen molar-refractivity contribution in [2.45, 2.75) is 5.79 Å². The van der Waals surface area contributed by atoms with E-state index < -0.39 is 15.6 Å². The quantitative estimate of drug-likeness (QED) is 0.460. The maximum absolute atomic E-state index is 11.0. The molecule has 0 N–H and O–H groups in total. The van der Waals surface area contributed by atoms with Crippen LogP contribution >= 0.6 is 0 Å². The lowest BCUT2D eigenvalue weighted by molar-refractivity contribution is -0.385. The number of nitro benzene ring substituents is 2. The first kappa shape index (κ1) is 16.5. The lowest BCUT2D eigenvalue weighted by Crippen LogP contribution is -2.32. The van der Waals surface area contributed by atoms with E-state index in [0.717, 1.165) is 0 Å². The Balaban J connectivity index is 2.64. The van der Waals surface area contributed by atoms with Gasteiger partial charge in [0.1, 0.15) is 0 Å². The number of benzene rings is 2. The molecule has 23 heavy (non-hydrogen) atoms. The predicted octanol–water partition coefficient (Wildman–Crippen LogP) is 3.00. The number of non-ortho nitro benzene ring substituents is 2. The van der Waals surface area contributed by atoms with Gasteiger partial charge in [0, 0.05) is 49.6 Å². The second kappa shape index (κ2) is 6.51. The maximum atomic E-state index is 11.0. The molecule has 2 aromatic carbocycles. The number of methoxy groups -OCH3 is 2. The first-order chi connectivity index (χ1) is 10.9. The Morgan fingerprint density at radius 3 is 1.52 bits per heavy atom. The van der Waals surface area contributed by atoms with Gasteiger partial charge in [0.25, 0.3) is 11.4 Å². The Kier molecular flexibility index (Phi) is 4.68. The summed E-state index contributed by atoms with van der Waals surface area (Å²) in [6.45, 7) is 0. The van der Waals surface area contributed by atoms with Crippen molar-refractivity contribution >= 4 is 11.4 Å². The van der Waals surface area contributed by atoms with Crippen LogP contribution in [0.4, 0.5) is 11.4 Å². The van der Waals surface area contributed by atoms with Crippen molar-refractivity contribution in [1.82, 2.24) is 0 Å². The van der Waals surface area contributed by atoms with Gasteiger partial charge in [0.15, 0.2) is 0 Å². The first-order valence-corrected chi connectivity index (χ1v) is 6.54. The van der Waals surface area contributed by atoms with Gasteiger partial charge in [0.05, 0.1) is 9.85 Å². The highest BCUT2D eigenvalue weighted by atomic mass is 16.7. The highest BCUT2D eigenvalue weighted by Crippen LogP contribution is 2.36. The molecule has 2 rings (SSSR count). The summed E-state index contributed by atoms with van der Waals surface area (Å²) in [5.74, 6) is -1.49. The zero-order valence-electron chi connectivity index (χ0n) is 12.5. The molecule has 0 aliphatic rings. The van der Waals surface area contributed by atoms with E-state index in [1.807, 2.05) is 0 Å². The fraction of sp³-hybridized carbons (Fsp3) is 0.200. The van der Waals surface area contributed by atoms with Gasteiger partial charge in [-0.3, -0.25) is 20.2 Å². The summed E-state index contributed by atoms with van der Waals surface area (Å²) in [6.07, 6.45) is 0. The van der Waals surface area contributed by atoms with Crippen LogP contribution in [0.25, 0.3) is 0 Å². The van der Waals surface area contributed by atoms with Gasteiger partial charge in [-0.2, -0.15) is 0 Å². The number of nitro groups is 2. The number of rotatable bonds is 6. The van der Waals surface area contributed by atoms with Crippen LogP contribution in [0.1, 0.15) is 11.1 Å². The summed E-state index contributed by atoms with van der Waals surface area (Å²) in [4.78, 5) is 20.9. The minimum absolute atomic E-state index is 0.133. The van der Waals surface area contributed by atoms with E-state index in [2.05, 4.69) is 0 Å². The fourth-order valence-corrected chi connectivity index (χ4v) is 2.37. The van der Waals surface area contributed by atoms with Crippen LogP contribution in [0.2, 0.25) is 0 Å². The Morgan fingerprint density at radius 1 is 0.826 bits per heavy atom. The average molecular weight is 318 g/mol. The summed E-state index contributed by atoms with van der Waals surface area (Å²) in [5, 5.41) is 21.9. The van der Waals surface area contributed by atoms with Crippen LogP contribution in [0, 0.1) is 20.2 Å². The average Bonchev–Trinajstić information content (AvgIpc) is 2.57. The zero-order valence-corrected chi connectivity index (χ0v) is 12.5. The van der Waals surface area contributed by atoms with E-state index in [9.17, 15) is 20.2 Å². The minimum Gasteiger partial charge on any atom is -0.346 e.